The third-order valence-electron chi connectivity index (χ3n) is 5.52. The summed E-state index contributed by atoms with van der Waals surface area (Å²) in [6, 6.07) is 4.14. The quantitative estimate of drug-likeness (QED) is 0.223. The molecule has 5 heteroatoms. The molecule has 0 atom stereocenters. The van der Waals surface area contributed by atoms with Crippen molar-refractivity contribution in [1.29, 1.82) is 0 Å². The predicted octanol–water partition coefficient (Wildman–Crippen LogP) is 6.68. The second kappa shape index (κ2) is 14.8. The zero-order valence-electron chi connectivity index (χ0n) is 18.8. The van der Waals surface area contributed by atoms with Crippen molar-refractivity contribution in [2.75, 3.05) is 12.4 Å². The Morgan fingerprint density at radius 2 is 1.45 bits per heavy atom. The van der Waals surface area contributed by atoms with E-state index in [0.717, 1.165) is 18.6 Å². The Kier molecular flexibility index (Phi) is 13.3. The summed E-state index contributed by atoms with van der Waals surface area (Å²) < 4.78 is 36.1. The molecular weight excluding hydrogens is 384 g/mol. The first-order valence-electron chi connectivity index (χ1n) is 11.6. The fourth-order valence-corrected chi connectivity index (χ4v) is 4.31. The molecule has 0 fully saturated rings. The van der Waals surface area contributed by atoms with Gasteiger partial charge in [-0.1, -0.05) is 71.6 Å². The number of unbranched alkanes of at least 4 members (excludes halogenated alkanes) is 9. The van der Waals surface area contributed by atoms with E-state index in [2.05, 4.69) is 32.9 Å². The molecule has 1 N–H and O–H groups in total. The molecule has 0 spiro atoms. The minimum atomic E-state index is -3.91. The number of rotatable bonds is 17. The summed E-state index contributed by atoms with van der Waals surface area (Å²) in [4.78, 5) is 0. The van der Waals surface area contributed by atoms with Crippen molar-refractivity contribution >= 4 is 10.1 Å². The smallest absolute Gasteiger partial charge is 0.264 e. The van der Waals surface area contributed by atoms with Crippen LogP contribution in [0.3, 0.4) is 0 Å². The summed E-state index contributed by atoms with van der Waals surface area (Å²) >= 11 is 0. The minimum absolute atomic E-state index is 0.260. The highest BCUT2D eigenvalue weighted by Gasteiger charge is 2.09. The Bertz CT molecular complexity index is 668. The maximum Gasteiger partial charge on any atom is 0.264 e. The molecule has 0 radical (unpaired) electrons. The van der Waals surface area contributed by atoms with E-state index >= 15 is 0 Å². The van der Waals surface area contributed by atoms with Gasteiger partial charge in [0.1, 0.15) is 5.75 Å². The Labute approximate surface area is 179 Å². The molecule has 4 nitrogen and oxygen atoms in total. The maximum absolute atomic E-state index is 10.8. The highest BCUT2D eigenvalue weighted by atomic mass is 32.2. The van der Waals surface area contributed by atoms with Gasteiger partial charge in [-0.05, 0) is 61.4 Å². The van der Waals surface area contributed by atoms with Gasteiger partial charge in [0.2, 0.25) is 0 Å². The van der Waals surface area contributed by atoms with Gasteiger partial charge in [0.15, 0.2) is 0 Å². The Morgan fingerprint density at radius 1 is 0.862 bits per heavy atom. The molecule has 1 rings (SSSR count). The molecule has 0 heterocycles. The van der Waals surface area contributed by atoms with Crippen LogP contribution in [0.1, 0.15) is 101 Å². The summed E-state index contributed by atoms with van der Waals surface area (Å²) in [6.07, 6.45) is 15.9. The second-order valence-electron chi connectivity index (χ2n) is 8.15. The lowest BCUT2D eigenvalue weighted by Gasteiger charge is -2.15. The van der Waals surface area contributed by atoms with Crippen LogP contribution in [0.2, 0.25) is 0 Å². The lowest BCUT2D eigenvalue weighted by Crippen LogP contribution is -2.09. The molecule has 0 saturated heterocycles. The molecule has 29 heavy (non-hydrogen) atoms. The van der Waals surface area contributed by atoms with Crippen LogP contribution in [0.5, 0.6) is 5.75 Å². The van der Waals surface area contributed by atoms with Crippen molar-refractivity contribution in [2.45, 2.75) is 104 Å². The topological polar surface area (TPSA) is 63.6 Å². The molecule has 0 amide bonds. The van der Waals surface area contributed by atoms with E-state index in [1.807, 2.05) is 0 Å². The lowest BCUT2D eigenvalue weighted by molar-refractivity contribution is 0.315. The fourth-order valence-electron chi connectivity index (χ4n) is 3.83. The summed E-state index contributed by atoms with van der Waals surface area (Å²) in [6.45, 7) is 6.86. The fraction of sp³-hybridized carbons (Fsp3) is 0.750. The zero-order valence-corrected chi connectivity index (χ0v) is 19.7. The Morgan fingerprint density at radius 3 is 2.00 bits per heavy atom. The van der Waals surface area contributed by atoms with Gasteiger partial charge in [0, 0.05) is 0 Å². The van der Waals surface area contributed by atoms with E-state index in [-0.39, 0.29) is 5.75 Å². The van der Waals surface area contributed by atoms with Crippen molar-refractivity contribution in [3.63, 3.8) is 0 Å². The number of hydrogen-bond acceptors (Lipinski definition) is 3. The van der Waals surface area contributed by atoms with Crippen molar-refractivity contribution in [3.05, 3.63) is 28.8 Å². The average Bonchev–Trinajstić information content (AvgIpc) is 2.67. The number of aryl methyl sites for hydroxylation is 2. The second-order valence-corrected chi connectivity index (χ2v) is 9.72. The first-order chi connectivity index (χ1) is 13.9. The number of benzene rings is 1. The molecule has 0 bridgehead atoms. The van der Waals surface area contributed by atoms with Crippen molar-refractivity contribution in [1.82, 2.24) is 0 Å². The van der Waals surface area contributed by atoms with E-state index in [0.29, 0.717) is 13.0 Å². The molecule has 168 valence electrons. The van der Waals surface area contributed by atoms with Crippen LogP contribution in [0.4, 0.5) is 0 Å². The van der Waals surface area contributed by atoms with Crippen LogP contribution in [-0.2, 0) is 23.0 Å². The predicted molar refractivity (Wildman–Crippen MR) is 123 cm³/mol. The molecule has 0 aliphatic rings. The van der Waals surface area contributed by atoms with E-state index in [9.17, 15) is 8.42 Å². The first-order valence-corrected chi connectivity index (χ1v) is 13.2. The van der Waals surface area contributed by atoms with E-state index in [1.54, 1.807) is 0 Å². The summed E-state index contributed by atoms with van der Waals surface area (Å²) in [5.74, 6) is 0.533. The van der Waals surface area contributed by atoms with E-state index < -0.39 is 10.1 Å². The molecule has 0 unspecified atom stereocenters. The standard InChI is InChI=1S/C24H42O4S/c1-4-6-7-8-9-10-11-12-13-14-16-24-21(3)19-23(20-22(24)5-2)28-17-15-18-29(25,26)27/h19-20H,4-18H2,1-3H3,(H,25,26,27). The van der Waals surface area contributed by atoms with Gasteiger partial charge >= 0.3 is 0 Å². The lowest BCUT2D eigenvalue weighted by atomic mass is 9.94. The van der Waals surface area contributed by atoms with Gasteiger partial charge < -0.3 is 4.74 Å². The third-order valence-corrected chi connectivity index (χ3v) is 6.32. The largest absolute Gasteiger partial charge is 0.494 e. The molecule has 1 aromatic rings. The maximum atomic E-state index is 10.8. The summed E-state index contributed by atoms with van der Waals surface area (Å²) in [5.41, 5.74) is 4.02. The van der Waals surface area contributed by atoms with Crippen LogP contribution in [0, 0.1) is 6.92 Å². The third kappa shape index (κ3) is 12.3. The molecule has 0 aliphatic heterocycles. The minimum Gasteiger partial charge on any atom is -0.494 e. The van der Waals surface area contributed by atoms with Gasteiger partial charge in [0.05, 0.1) is 12.4 Å². The zero-order chi connectivity index (χ0) is 21.5. The monoisotopic (exact) mass is 426 g/mol. The molecule has 0 aromatic heterocycles. The molecule has 0 aliphatic carbocycles. The highest BCUT2D eigenvalue weighted by molar-refractivity contribution is 7.85. The van der Waals surface area contributed by atoms with Crippen molar-refractivity contribution in [3.8, 4) is 5.75 Å². The summed E-state index contributed by atoms with van der Waals surface area (Å²) in [7, 11) is -3.91. The van der Waals surface area contributed by atoms with Gasteiger partial charge in [-0.3, -0.25) is 4.55 Å². The van der Waals surface area contributed by atoms with E-state index in [4.69, 9.17) is 9.29 Å². The van der Waals surface area contributed by atoms with Gasteiger partial charge in [-0.2, -0.15) is 8.42 Å². The van der Waals surface area contributed by atoms with Gasteiger partial charge in [-0.25, -0.2) is 0 Å². The van der Waals surface area contributed by atoms with Crippen LogP contribution < -0.4 is 4.74 Å². The molecular formula is C24H42O4S. The molecule has 1 aromatic carbocycles. The van der Waals surface area contributed by atoms with Crippen LogP contribution in [-0.4, -0.2) is 25.3 Å². The van der Waals surface area contributed by atoms with Gasteiger partial charge in [-0.15, -0.1) is 0 Å². The SMILES string of the molecule is CCCCCCCCCCCCc1c(C)cc(OCCCS(=O)(=O)O)cc1CC. The summed E-state index contributed by atoms with van der Waals surface area (Å²) in [5, 5.41) is 0. The number of ether oxygens (including phenoxy) is 1. The first kappa shape index (κ1) is 26.0. The average molecular weight is 427 g/mol. The van der Waals surface area contributed by atoms with Crippen molar-refractivity contribution < 1.29 is 17.7 Å². The van der Waals surface area contributed by atoms with Crippen LogP contribution in [0.15, 0.2) is 12.1 Å². The normalized spacial score (nSPS) is 11.7. The highest BCUT2D eigenvalue weighted by Crippen LogP contribution is 2.25. The Balaban J connectivity index is 2.34. The molecule has 0 saturated carbocycles. The van der Waals surface area contributed by atoms with E-state index in [1.165, 1.54) is 80.9 Å². The van der Waals surface area contributed by atoms with Gasteiger partial charge in [0.25, 0.3) is 10.1 Å². The Hall–Kier alpha value is -1.07. The van der Waals surface area contributed by atoms with Crippen molar-refractivity contribution in [2.24, 2.45) is 0 Å². The van der Waals surface area contributed by atoms with Crippen LogP contribution in [0.25, 0.3) is 0 Å². The number of hydrogen-bond donors (Lipinski definition) is 1. The van der Waals surface area contributed by atoms with Crippen LogP contribution >= 0.6 is 0 Å².